The predicted octanol–water partition coefficient (Wildman–Crippen LogP) is 1.28. The van der Waals surface area contributed by atoms with Crippen LogP contribution in [0.3, 0.4) is 0 Å². The van der Waals surface area contributed by atoms with Gasteiger partial charge in [0, 0.05) is 35.4 Å². The lowest BCUT2D eigenvalue weighted by molar-refractivity contribution is 0.382. The van der Waals surface area contributed by atoms with Crippen LogP contribution < -0.4 is 5.32 Å². The zero-order valence-electron chi connectivity index (χ0n) is 9.58. The van der Waals surface area contributed by atoms with Crippen molar-refractivity contribution in [2.75, 3.05) is 24.6 Å². The van der Waals surface area contributed by atoms with Crippen molar-refractivity contribution in [1.29, 1.82) is 5.26 Å². The molecule has 0 amide bonds. The van der Waals surface area contributed by atoms with E-state index in [1.807, 2.05) is 13.8 Å². The molecule has 1 unspecified atom stereocenters. The molecule has 1 aliphatic heterocycles. The van der Waals surface area contributed by atoms with Crippen LogP contribution in [0.15, 0.2) is 0 Å². The van der Waals surface area contributed by atoms with E-state index in [4.69, 9.17) is 5.26 Å². The molecule has 0 aromatic carbocycles. The van der Waals surface area contributed by atoms with E-state index in [0.717, 1.165) is 37.4 Å². The van der Waals surface area contributed by atoms with E-state index in [1.165, 1.54) is 0 Å². The molecule has 1 rings (SSSR count). The SMILES string of the molecule is CC(C)(C#N)CCCS(=O)CC1CNC1. The van der Waals surface area contributed by atoms with Crippen molar-refractivity contribution >= 4 is 10.8 Å². The second kappa shape index (κ2) is 5.62. The van der Waals surface area contributed by atoms with Gasteiger partial charge in [-0.05, 0) is 32.6 Å². The maximum Gasteiger partial charge on any atom is 0.0683 e. The molecular weight excluding hydrogens is 208 g/mol. The van der Waals surface area contributed by atoms with Crippen LogP contribution in [0.1, 0.15) is 26.7 Å². The molecule has 0 aliphatic carbocycles. The van der Waals surface area contributed by atoms with Gasteiger partial charge in [0.15, 0.2) is 0 Å². The molecule has 3 nitrogen and oxygen atoms in total. The quantitative estimate of drug-likeness (QED) is 0.745. The summed E-state index contributed by atoms with van der Waals surface area (Å²) in [6.45, 7) is 5.92. The molecule has 1 saturated heterocycles. The van der Waals surface area contributed by atoms with Gasteiger partial charge in [0.1, 0.15) is 0 Å². The first-order valence-corrected chi connectivity index (χ1v) is 6.99. The Morgan fingerprint density at radius 2 is 2.20 bits per heavy atom. The van der Waals surface area contributed by atoms with E-state index < -0.39 is 10.8 Å². The molecule has 0 saturated carbocycles. The van der Waals surface area contributed by atoms with Gasteiger partial charge in [-0.25, -0.2) is 0 Å². The maximum absolute atomic E-state index is 11.6. The highest BCUT2D eigenvalue weighted by molar-refractivity contribution is 7.84. The molecular formula is C11H20N2OS. The normalized spacial score (nSPS) is 19.3. The summed E-state index contributed by atoms with van der Waals surface area (Å²) in [6.07, 6.45) is 1.74. The first-order chi connectivity index (χ1) is 7.03. The zero-order valence-corrected chi connectivity index (χ0v) is 10.4. The Hall–Kier alpha value is -0.400. The molecule has 1 heterocycles. The van der Waals surface area contributed by atoms with E-state index in [0.29, 0.717) is 5.92 Å². The zero-order chi connectivity index (χ0) is 11.3. The van der Waals surface area contributed by atoms with E-state index in [-0.39, 0.29) is 5.41 Å². The third kappa shape index (κ3) is 4.76. The molecule has 1 fully saturated rings. The van der Waals surface area contributed by atoms with Crippen molar-refractivity contribution in [1.82, 2.24) is 5.32 Å². The predicted molar refractivity (Wildman–Crippen MR) is 62.9 cm³/mol. The number of hydrogen-bond donors (Lipinski definition) is 1. The van der Waals surface area contributed by atoms with Crippen molar-refractivity contribution in [3.05, 3.63) is 0 Å². The van der Waals surface area contributed by atoms with Crippen LogP contribution in [-0.4, -0.2) is 28.8 Å². The molecule has 0 bridgehead atoms. The second-order valence-electron chi connectivity index (χ2n) is 4.93. The maximum atomic E-state index is 11.6. The van der Waals surface area contributed by atoms with Crippen LogP contribution in [0, 0.1) is 22.7 Å². The summed E-state index contributed by atoms with van der Waals surface area (Å²) in [6, 6.07) is 2.27. The van der Waals surface area contributed by atoms with Gasteiger partial charge in [-0.1, -0.05) is 0 Å². The average molecular weight is 228 g/mol. The Bertz CT molecular complexity index is 266. The summed E-state index contributed by atoms with van der Waals surface area (Å²) in [5.74, 6) is 2.21. The van der Waals surface area contributed by atoms with Crippen LogP contribution in [0.5, 0.6) is 0 Å². The van der Waals surface area contributed by atoms with Gasteiger partial charge in [-0.15, -0.1) is 0 Å². The van der Waals surface area contributed by atoms with Crippen LogP contribution in [0.4, 0.5) is 0 Å². The van der Waals surface area contributed by atoms with Crippen molar-refractivity contribution in [3.8, 4) is 6.07 Å². The van der Waals surface area contributed by atoms with E-state index in [1.54, 1.807) is 0 Å². The summed E-state index contributed by atoms with van der Waals surface area (Å²) >= 11 is 0. The summed E-state index contributed by atoms with van der Waals surface area (Å²) < 4.78 is 11.6. The summed E-state index contributed by atoms with van der Waals surface area (Å²) in [7, 11) is -0.685. The van der Waals surface area contributed by atoms with E-state index >= 15 is 0 Å². The fourth-order valence-corrected chi connectivity index (χ4v) is 2.94. The number of nitrogens with one attached hydrogen (secondary N) is 1. The van der Waals surface area contributed by atoms with E-state index in [2.05, 4.69) is 11.4 Å². The largest absolute Gasteiger partial charge is 0.316 e. The molecule has 1 N–H and O–H groups in total. The Labute approximate surface area is 94.7 Å². The van der Waals surface area contributed by atoms with Gasteiger partial charge in [0.05, 0.1) is 11.5 Å². The fraction of sp³-hybridized carbons (Fsp3) is 0.909. The fourth-order valence-electron chi connectivity index (χ4n) is 1.54. The van der Waals surface area contributed by atoms with Gasteiger partial charge in [-0.3, -0.25) is 4.21 Å². The highest BCUT2D eigenvalue weighted by atomic mass is 32.2. The first-order valence-electron chi connectivity index (χ1n) is 5.50. The molecule has 0 aromatic heterocycles. The van der Waals surface area contributed by atoms with Crippen molar-refractivity contribution < 1.29 is 4.21 Å². The van der Waals surface area contributed by atoms with Gasteiger partial charge in [0.2, 0.25) is 0 Å². The summed E-state index contributed by atoms with van der Waals surface area (Å²) in [5.41, 5.74) is -0.262. The third-order valence-electron chi connectivity index (χ3n) is 2.76. The molecule has 0 radical (unpaired) electrons. The summed E-state index contributed by atoms with van der Waals surface area (Å²) in [5, 5.41) is 12.0. The highest BCUT2D eigenvalue weighted by Crippen LogP contribution is 2.20. The van der Waals surface area contributed by atoms with Crippen molar-refractivity contribution in [3.63, 3.8) is 0 Å². The standard InChI is InChI=1S/C11H20N2OS/c1-11(2,9-12)4-3-5-15(14)8-10-6-13-7-10/h10,13H,3-8H2,1-2H3. The number of nitrogens with zero attached hydrogens (tertiary/aromatic N) is 1. The van der Waals surface area contributed by atoms with Gasteiger partial charge in [0.25, 0.3) is 0 Å². The lowest BCUT2D eigenvalue weighted by atomic mass is 9.90. The summed E-state index contributed by atoms with van der Waals surface area (Å²) in [4.78, 5) is 0. The Morgan fingerprint density at radius 3 is 2.67 bits per heavy atom. The van der Waals surface area contributed by atoms with Crippen LogP contribution >= 0.6 is 0 Å². The Morgan fingerprint density at radius 1 is 1.53 bits per heavy atom. The molecule has 0 aromatic rings. The van der Waals surface area contributed by atoms with Crippen LogP contribution in [0.25, 0.3) is 0 Å². The smallest absolute Gasteiger partial charge is 0.0683 e. The highest BCUT2D eigenvalue weighted by Gasteiger charge is 2.20. The molecule has 4 heteroatoms. The molecule has 1 aliphatic rings. The van der Waals surface area contributed by atoms with Crippen molar-refractivity contribution in [2.24, 2.45) is 11.3 Å². The molecule has 86 valence electrons. The molecule has 0 spiro atoms. The Balaban J connectivity index is 2.09. The van der Waals surface area contributed by atoms with Crippen LogP contribution in [-0.2, 0) is 10.8 Å². The topological polar surface area (TPSA) is 52.9 Å². The van der Waals surface area contributed by atoms with Gasteiger partial charge >= 0.3 is 0 Å². The lowest BCUT2D eigenvalue weighted by Crippen LogP contribution is -2.44. The number of hydrogen-bond acceptors (Lipinski definition) is 3. The molecule has 15 heavy (non-hydrogen) atoms. The third-order valence-corrected chi connectivity index (χ3v) is 4.35. The van der Waals surface area contributed by atoms with Gasteiger partial charge < -0.3 is 5.32 Å². The van der Waals surface area contributed by atoms with Crippen molar-refractivity contribution in [2.45, 2.75) is 26.7 Å². The van der Waals surface area contributed by atoms with E-state index in [9.17, 15) is 4.21 Å². The Kier molecular flexibility index (Phi) is 4.75. The lowest BCUT2D eigenvalue weighted by Gasteiger charge is -2.26. The minimum absolute atomic E-state index is 0.262. The average Bonchev–Trinajstić information content (AvgIpc) is 2.11. The van der Waals surface area contributed by atoms with Crippen LogP contribution in [0.2, 0.25) is 0 Å². The monoisotopic (exact) mass is 228 g/mol. The first kappa shape index (κ1) is 12.7. The minimum atomic E-state index is -0.685. The van der Waals surface area contributed by atoms with Gasteiger partial charge in [-0.2, -0.15) is 5.26 Å². The number of rotatable bonds is 6. The number of nitriles is 1. The molecule has 1 atom stereocenters. The minimum Gasteiger partial charge on any atom is -0.316 e. The second-order valence-corrected chi connectivity index (χ2v) is 6.56.